The standard InChI is InChI=1S/C26H45NO.C17H20FN2O2P.C2H4O/c1-8-12-24(17-14-20(5)10-3)27-22(7)26(21(6)23-15-16-23)19-18-25(13-9-2)28-11-4;1-8-4-11(15(21)17(19)22)5-9(2)13(8)12-6-10(3)14(16(18)23)20-7-12;1-2-3/h13,18-20,23-24H,8-12,14-17H2,1-7H3;4-7,15-16,21H,23H2,1-3H3,(H2,19,22);2H,1H3/b19-18-,25-13-,26-21-,27-22?;;. The highest BCUT2D eigenvalue weighted by Gasteiger charge is 2.26. The van der Waals surface area contributed by atoms with Crippen molar-refractivity contribution in [1.29, 1.82) is 0 Å². The van der Waals surface area contributed by atoms with Crippen molar-refractivity contribution in [3.63, 3.8) is 0 Å². The van der Waals surface area contributed by atoms with Crippen LogP contribution in [0.1, 0.15) is 147 Å². The molecular formula is C45H69FN3O4P. The second-order valence-corrected chi connectivity index (χ2v) is 14.9. The average molecular weight is 766 g/mol. The molecule has 9 heteroatoms. The maximum atomic E-state index is 13.4. The summed E-state index contributed by atoms with van der Waals surface area (Å²) >= 11 is 0. The van der Waals surface area contributed by atoms with E-state index in [9.17, 15) is 14.3 Å². The lowest BCUT2D eigenvalue weighted by molar-refractivity contribution is -0.126. The molecule has 1 heterocycles. The second kappa shape index (κ2) is 25.6. The fourth-order valence-electron chi connectivity index (χ4n) is 6.40. The van der Waals surface area contributed by atoms with Gasteiger partial charge in [0.1, 0.15) is 12.0 Å². The Balaban J connectivity index is 0.000000510. The molecule has 0 radical (unpaired) electrons. The number of aliphatic hydroxyl groups excluding tert-OH is 1. The number of aliphatic imine (C=N–C) groups is 1. The molecule has 54 heavy (non-hydrogen) atoms. The van der Waals surface area contributed by atoms with E-state index in [-0.39, 0.29) is 0 Å². The van der Waals surface area contributed by atoms with E-state index in [4.69, 9.17) is 20.3 Å². The minimum atomic E-state index is -1.33. The molecule has 0 spiro atoms. The van der Waals surface area contributed by atoms with E-state index in [1.165, 1.54) is 68.7 Å². The third-order valence-corrected chi connectivity index (χ3v) is 9.95. The number of carbonyl (C=O) groups excluding carboxylic acids is 2. The van der Waals surface area contributed by atoms with Gasteiger partial charge >= 0.3 is 0 Å². The average Bonchev–Trinajstić information content (AvgIpc) is 3.96. The molecule has 0 saturated heterocycles. The molecule has 1 amide bonds. The Morgan fingerprint density at radius 3 is 2.13 bits per heavy atom. The summed E-state index contributed by atoms with van der Waals surface area (Å²) in [6.45, 7) is 23.4. The number of carbonyl (C=O) groups is 2. The Morgan fingerprint density at radius 1 is 1.06 bits per heavy atom. The van der Waals surface area contributed by atoms with Crippen molar-refractivity contribution in [2.45, 2.75) is 146 Å². The summed E-state index contributed by atoms with van der Waals surface area (Å²) in [7, 11) is 2.09. The normalized spacial score (nSPS) is 15.9. The minimum Gasteiger partial charge on any atom is -0.494 e. The first-order chi connectivity index (χ1) is 25.6. The van der Waals surface area contributed by atoms with Crippen molar-refractivity contribution in [2.24, 2.45) is 22.6 Å². The summed E-state index contributed by atoms with van der Waals surface area (Å²) in [6.07, 6.45) is 17.4. The molecule has 7 nitrogen and oxygen atoms in total. The largest absolute Gasteiger partial charge is 0.494 e. The topological polar surface area (TPSA) is 115 Å². The Morgan fingerprint density at radius 2 is 1.67 bits per heavy atom. The van der Waals surface area contributed by atoms with Crippen LogP contribution in [0.4, 0.5) is 4.39 Å². The maximum Gasteiger partial charge on any atom is 0.250 e. The molecule has 3 rings (SSSR count). The number of amides is 1. The maximum absolute atomic E-state index is 13.4. The van der Waals surface area contributed by atoms with Crippen LogP contribution in [0.5, 0.6) is 0 Å². The van der Waals surface area contributed by atoms with Crippen LogP contribution in [0.2, 0.25) is 0 Å². The van der Waals surface area contributed by atoms with E-state index in [2.05, 4.69) is 74.0 Å². The number of ether oxygens (including phenoxy) is 1. The summed E-state index contributed by atoms with van der Waals surface area (Å²) < 4.78 is 19.2. The van der Waals surface area contributed by atoms with Crippen LogP contribution in [-0.4, -0.2) is 40.6 Å². The molecule has 1 saturated carbocycles. The molecular weight excluding hydrogens is 696 g/mol. The van der Waals surface area contributed by atoms with Gasteiger partial charge in [0.2, 0.25) is 0 Å². The highest BCUT2D eigenvalue weighted by molar-refractivity contribution is 7.16. The van der Waals surface area contributed by atoms with Gasteiger partial charge in [-0.1, -0.05) is 67.5 Å². The number of aldehydes is 1. The number of alkyl halides is 1. The summed E-state index contributed by atoms with van der Waals surface area (Å²) in [4.78, 5) is 29.4. The molecule has 3 N–H and O–H groups in total. The van der Waals surface area contributed by atoms with E-state index in [0.717, 1.165) is 58.1 Å². The Bertz CT molecular complexity index is 1590. The van der Waals surface area contributed by atoms with Gasteiger partial charge in [-0.2, -0.15) is 0 Å². The quantitative estimate of drug-likeness (QED) is 0.0515. The zero-order chi connectivity index (χ0) is 41.0. The molecule has 1 aromatic heterocycles. The number of rotatable bonds is 18. The molecule has 1 aliphatic rings. The Kier molecular flexibility index (Phi) is 23.0. The number of pyridine rings is 1. The zero-order valence-corrected chi connectivity index (χ0v) is 36.1. The third-order valence-electron chi connectivity index (χ3n) is 9.63. The van der Waals surface area contributed by atoms with Crippen molar-refractivity contribution in [2.75, 3.05) is 6.61 Å². The molecule has 0 aliphatic heterocycles. The van der Waals surface area contributed by atoms with Crippen LogP contribution in [0.3, 0.4) is 0 Å². The van der Waals surface area contributed by atoms with Gasteiger partial charge in [0.25, 0.3) is 5.91 Å². The number of aliphatic hydroxyl groups is 1. The predicted molar refractivity (Wildman–Crippen MR) is 228 cm³/mol. The van der Waals surface area contributed by atoms with Crippen molar-refractivity contribution in [1.82, 2.24) is 4.98 Å². The van der Waals surface area contributed by atoms with Gasteiger partial charge in [-0.3, -0.25) is 14.8 Å². The monoisotopic (exact) mass is 766 g/mol. The highest BCUT2D eigenvalue weighted by atomic mass is 31.0. The molecule has 5 atom stereocenters. The number of aromatic nitrogens is 1. The van der Waals surface area contributed by atoms with Crippen molar-refractivity contribution < 1.29 is 23.8 Å². The first kappa shape index (κ1) is 48.5. The lowest BCUT2D eigenvalue weighted by Gasteiger charge is -2.17. The number of hydrogen-bond donors (Lipinski definition) is 2. The van der Waals surface area contributed by atoms with Gasteiger partial charge in [-0.25, -0.2) is 4.39 Å². The van der Waals surface area contributed by atoms with Gasteiger partial charge in [-0.15, -0.1) is 0 Å². The number of aryl methyl sites for hydroxylation is 3. The van der Waals surface area contributed by atoms with Crippen LogP contribution in [0.15, 0.2) is 64.5 Å². The van der Waals surface area contributed by atoms with E-state index in [0.29, 0.717) is 23.9 Å². The first-order valence-corrected chi connectivity index (χ1v) is 20.4. The van der Waals surface area contributed by atoms with E-state index >= 15 is 0 Å². The van der Waals surface area contributed by atoms with Crippen LogP contribution >= 0.6 is 9.24 Å². The van der Waals surface area contributed by atoms with Gasteiger partial charge in [-0.05, 0) is 157 Å². The molecule has 5 unspecified atom stereocenters. The van der Waals surface area contributed by atoms with Gasteiger partial charge in [0.15, 0.2) is 12.0 Å². The van der Waals surface area contributed by atoms with Crippen LogP contribution in [0.25, 0.3) is 11.1 Å². The SMILES string of the molecule is CC/C=C(/C=C\C(C(C)=NC(CCC)CCC(C)CC)=C(/C)C1CC1)OCC.CC=O.Cc1cc(-c2c(C)cc(C(O)C(N)=O)cc2C)cnc1C(F)P. The van der Waals surface area contributed by atoms with E-state index in [1.807, 2.05) is 33.8 Å². The fraction of sp³-hybridized carbons (Fsp3) is 0.556. The third kappa shape index (κ3) is 16.5. The highest BCUT2D eigenvalue weighted by Crippen LogP contribution is 2.38. The summed E-state index contributed by atoms with van der Waals surface area (Å²) in [5, 5.41) is 9.82. The molecule has 1 aliphatic carbocycles. The fourth-order valence-corrected chi connectivity index (χ4v) is 6.75. The number of primary amides is 1. The number of nitrogens with zero attached hydrogens (tertiary/aromatic N) is 2. The Labute approximate surface area is 328 Å². The van der Waals surface area contributed by atoms with E-state index in [1.54, 1.807) is 18.3 Å². The number of nitrogens with two attached hydrogens (primary N) is 1. The summed E-state index contributed by atoms with van der Waals surface area (Å²) in [5.74, 6) is 0.541. The predicted octanol–water partition coefficient (Wildman–Crippen LogP) is 11.3. The van der Waals surface area contributed by atoms with Gasteiger partial charge in [0.05, 0.1) is 18.3 Å². The van der Waals surface area contributed by atoms with Crippen molar-refractivity contribution in [3.05, 3.63) is 87.5 Å². The van der Waals surface area contributed by atoms with Gasteiger partial charge < -0.3 is 20.4 Å². The molecule has 1 fully saturated rings. The lowest BCUT2D eigenvalue weighted by atomic mass is 9.92. The van der Waals surface area contributed by atoms with Crippen molar-refractivity contribution >= 4 is 27.1 Å². The number of benzene rings is 1. The molecule has 300 valence electrons. The Hall–Kier alpha value is -3.48. The second-order valence-electron chi connectivity index (χ2n) is 14.3. The molecule has 0 bridgehead atoms. The van der Waals surface area contributed by atoms with Crippen LogP contribution in [0, 0.1) is 32.6 Å². The van der Waals surface area contributed by atoms with Crippen LogP contribution < -0.4 is 5.73 Å². The summed E-state index contributed by atoms with van der Waals surface area (Å²) in [5.41, 5.74) is 14.4. The number of hydrogen-bond acceptors (Lipinski definition) is 6. The smallest absolute Gasteiger partial charge is 0.250 e. The van der Waals surface area contributed by atoms with E-state index < -0.39 is 17.9 Å². The first-order valence-electron chi connectivity index (χ1n) is 19.7. The molecule has 1 aromatic carbocycles. The van der Waals surface area contributed by atoms with Crippen LogP contribution in [-0.2, 0) is 14.3 Å². The summed E-state index contributed by atoms with van der Waals surface area (Å²) in [6, 6.07) is 5.80. The zero-order valence-electron chi connectivity index (χ0n) is 35.0. The number of allylic oxidation sites excluding steroid dienone is 5. The lowest BCUT2D eigenvalue weighted by Crippen LogP contribution is -2.21. The van der Waals surface area contributed by atoms with Gasteiger partial charge in [0, 0.05) is 17.5 Å². The minimum absolute atomic E-state index is 0.398. The number of halogens is 1. The van der Waals surface area contributed by atoms with Crippen molar-refractivity contribution in [3.8, 4) is 11.1 Å². The molecule has 2 aromatic rings.